The van der Waals surface area contributed by atoms with Crippen molar-refractivity contribution >= 4 is 22.8 Å². The fraction of sp³-hybridized carbons (Fsp3) is 0.474. The molecule has 6 heteroatoms. The number of hydrogen-bond donors (Lipinski definition) is 1. The van der Waals surface area contributed by atoms with Gasteiger partial charge in [-0.05, 0) is 44.2 Å². The minimum absolute atomic E-state index is 0.218. The van der Waals surface area contributed by atoms with Gasteiger partial charge in [0.05, 0.1) is 17.1 Å². The maximum atomic E-state index is 12.6. The highest BCUT2D eigenvalue weighted by Crippen LogP contribution is 2.30. The van der Waals surface area contributed by atoms with Crippen molar-refractivity contribution in [2.45, 2.75) is 44.1 Å². The van der Waals surface area contributed by atoms with Crippen molar-refractivity contribution in [2.75, 3.05) is 18.0 Å². The molecular weight excluding hydrogens is 314 g/mol. The van der Waals surface area contributed by atoms with E-state index in [4.69, 9.17) is 4.98 Å². The average Bonchev–Trinajstić information content (AvgIpc) is 3.46. The first-order valence-electron chi connectivity index (χ1n) is 8.98. The molecule has 1 N–H and O–H groups in total. The molecule has 25 heavy (non-hydrogen) atoms. The zero-order valence-corrected chi connectivity index (χ0v) is 14.1. The lowest BCUT2D eigenvalue weighted by Crippen LogP contribution is -2.35. The number of carbonyl (C=O) groups is 1. The number of piperidine rings is 1. The summed E-state index contributed by atoms with van der Waals surface area (Å²) in [5, 5.41) is 12.6. The summed E-state index contributed by atoms with van der Waals surface area (Å²) in [5.41, 5.74) is 2.00. The standard InChI is InChI=1S/C19H21N5O/c20-12-14(19(25)21-13-8-9-13)17-18(24-10-4-1-5-11-24)23-16-7-3-2-6-15(16)22-17/h2-3,6-7,13-14H,1,4-5,8-11H2,(H,21,25). The monoisotopic (exact) mass is 335 g/mol. The third-order valence-corrected chi connectivity index (χ3v) is 4.82. The van der Waals surface area contributed by atoms with Crippen molar-refractivity contribution in [1.82, 2.24) is 15.3 Å². The molecule has 1 aliphatic carbocycles. The molecule has 1 amide bonds. The van der Waals surface area contributed by atoms with Gasteiger partial charge in [-0.25, -0.2) is 9.97 Å². The molecule has 0 bridgehead atoms. The summed E-state index contributed by atoms with van der Waals surface area (Å²) >= 11 is 0. The van der Waals surface area contributed by atoms with Crippen LogP contribution < -0.4 is 10.2 Å². The Labute approximate surface area is 146 Å². The topological polar surface area (TPSA) is 81.9 Å². The van der Waals surface area contributed by atoms with Crippen LogP contribution >= 0.6 is 0 Å². The number of nitriles is 1. The highest BCUT2D eigenvalue weighted by atomic mass is 16.2. The Morgan fingerprint density at radius 3 is 2.48 bits per heavy atom. The van der Waals surface area contributed by atoms with E-state index < -0.39 is 5.92 Å². The van der Waals surface area contributed by atoms with Crippen LogP contribution in [-0.4, -0.2) is 35.0 Å². The first-order valence-corrected chi connectivity index (χ1v) is 8.98. The zero-order chi connectivity index (χ0) is 17.2. The van der Waals surface area contributed by atoms with Crippen molar-refractivity contribution in [3.05, 3.63) is 30.0 Å². The molecule has 2 aliphatic rings. The Bertz CT molecular complexity index is 833. The third-order valence-electron chi connectivity index (χ3n) is 4.82. The molecule has 1 aromatic carbocycles. The fourth-order valence-electron chi connectivity index (χ4n) is 3.29. The second-order valence-electron chi connectivity index (χ2n) is 6.81. The van der Waals surface area contributed by atoms with Gasteiger partial charge in [-0.1, -0.05) is 12.1 Å². The van der Waals surface area contributed by atoms with Crippen LogP contribution in [0.3, 0.4) is 0 Å². The summed E-state index contributed by atoms with van der Waals surface area (Å²) in [6.45, 7) is 1.78. The molecule has 1 atom stereocenters. The number of benzene rings is 1. The minimum atomic E-state index is -0.922. The van der Waals surface area contributed by atoms with Crippen molar-refractivity contribution in [1.29, 1.82) is 5.26 Å². The quantitative estimate of drug-likeness (QED) is 0.928. The predicted octanol–water partition coefficient (Wildman–Crippen LogP) is 2.51. The highest BCUT2D eigenvalue weighted by molar-refractivity contribution is 5.89. The Kier molecular flexibility index (Phi) is 4.22. The number of amides is 1. The Hall–Kier alpha value is -2.68. The summed E-state index contributed by atoms with van der Waals surface area (Å²) in [5.74, 6) is -0.488. The number of aromatic nitrogens is 2. The van der Waals surface area contributed by atoms with Crippen LogP contribution in [-0.2, 0) is 4.79 Å². The Balaban J connectivity index is 1.78. The molecular formula is C19H21N5O. The van der Waals surface area contributed by atoms with Crippen LogP contribution in [0, 0.1) is 11.3 Å². The third kappa shape index (κ3) is 3.27. The van der Waals surface area contributed by atoms with E-state index in [0.717, 1.165) is 49.8 Å². The van der Waals surface area contributed by atoms with Gasteiger partial charge in [-0.15, -0.1) is 0 Å². The molecule has 1 aliphatic heterocycles. The molecule has 6 nitrogen and oxygen atoms in total. The lowest BCUT2D eigenvalue weighted by molar-refractivity contribution is -0.121. The molecule has 2 heterocycles. The van der Waals surface area contributed by atoms with Gasteiger partial charge in [0, 0.05) is 19.1 Å². The number of hydrogen-bond acceptors (Lipinski definition) is 5. The van der Waals surface area contributed by atoms with Gasteiger partial charge in [0.1, 0.15) is 5.69 Å². The number of carbonyl (C=O) groups excluding carboxylic acids is 1. The van der Waals surface area contributed by atoms with E-state index in [1.54, 1.807) is 0 Å². The second kappa shape index (κ2) is 6.67. The van der Waals surface area contributed by atoms with E-state index >= 15 is 0 Å². The number of para-hydroxylation sites is 2. The molecule has 1 aromatic heterocycles. The molecule has 1 saturated heterocycles. The summed E-state index contributed by atoms with van der Waals surface area (Å²) in [6.07, 6.45) is 5.38. The molecule has 128 valence electrons. The lowest BCUT2D eigenvalue weighted by atomic mass is 10.0. The van der Waals surface area contributed by atoms with Gasteiger partial charge in [-0.2, -0.15) is 5.26 Å². The van der Waals surface area contributed by atoms with E-state index in [1.807, 2.05) is 24.3 Å². The molecule has 1 unspecified atom stereocenters. The van der Waals surface area contributed by atoms with E-state index in [0.29, 0.717) is 11.5 Å². The van der Waals surface area contributed by atoms with E-state index in [1.165, 1.54) is 6.42 Å². The van der Waals surface area contributed by atoms with Gasteiger partial charge in [0.2, 0.25) is 5.91 Å². The Morgan fingerprint density at radius 1 is 1.16 bits per heavy atom. The predicted molar refractivity (Wildman–Crippen MR) is 95.1 cm³/mol. The molecule has 2 aromatic rings. The van der Waals surface area contributed by atoms with Crippen LogP contribution in [0.2, 0.25) is 0 Å². The maximum Gasteiger partial charge on any atom is 0.243 e. The number of fused-ring (bicyclic) bond motifs is 1. The second-order valence-corrected chi connectivity index (χ2v) is 6.81. The van der Waals surface area contributed by atoms with Crippen LogP contribution in [0.5, 0.6) is 0 Å². The van der Waals surface area contributed by atoms with Gasteiger partial charge in [-0.3, -0.25) is 4.79 Å². The van der Waals surface area contributed by atoms with Crippen LogP contribution in [0.1, 0.15) is 43.7 Å². The van der Waals surface area contributed by atoms with E-state index in [9.17, 15) is 10.1 Å². The maximum absolute atomic E-state index is 12.6. The van der Waals surface area contributed by atoms with Gasteiger partial charge < -0.3 is 10.2 Å². The SMILES string of the molecule is N#CC(C(=O)NC1CC1)c1nc2ccccc2nc1N1CCCCC1. The molecule has 2 fully saturated rings. The van der Waals surface area contributed by atoms with Crippen molar-refractivity contribution < 1.29 is 4.79 Å². The largest absolute Gasteiger partial charge is 0.355 e. The van der Waals surface area contributed by atoms with Crippen molar-refractivity contribution in [3.63, 3.8) is 0 Å². The first kappa shape index (κ1) is 15.8. The summed E-state index contributed by atoms with van der Waals surface area (Å²) in [7, 11) is 0. The zero-order valence-electron chi connectivity index (χ0n) is 14.1. The molecule has 4 rings (SSSR count). The van der Waals surface area contributed by atoms with Crippen LogP contribution in [0.15, 0.2) is 24.3 Å². The fourth-order valence-corrected chi connectivity index (χ4v) is 3.29. The minimum Gasteiger partial charge on any atom is -0.355 e. The van der Waals surface area contributed by atoms with E-state index in [-0.39, 0.29) is 11.9 Å². The van der Waals surface area contributed by atoms with Crippen molar-refractivity contribution in [3.8, 4) is 6.07 Å². The number of rotatable bonds is 4. The first-order chi connectivity index (χ1) is 12.3. The van der Waals surface area contributed by atoms with Gasteiger partial charge in [0.25, 0.3) is 0 Å². The van der Waals surface area contributed by atoms with Crippen LogP contribution in [0.25, 0.3) is 11.0 Å². The average molecular weight is 335 g/mol. The number of nitrogens with one attached hydrogen (secondary N) is 1. The van der Waals surface area contributed by atoms with Crippen LogP contribution in [0.4, 0.5) is 5.82 Å². The van der Waals surface area contributed by atoms with Gasteiger partial charge in [0.15, 0.2) is 11.7 Å². The number of anilines is 1. The normalized spacial score (nSPS) is 18.6. The number of nitrogens with zero attached hydrogens (tertiary/aromatic N) is 4. The molecule has 0 spiro atoms. The highest BCUT2D eigenvalue weighted by Gasteiger charge is 2.32. The lowest BCUT2D eigenvalue weighted by Gasteiger charge is -2.29. The molecule has 0 radical (unpaired) electrons. The van der Waals surface area contributed by atoms with Crippen molar-refractivity contribution in [2.24, 2.45) is 0 Å². The summed E-state index contributed by atoms with van der Waals surface area (Å²) < 4.78 is 0. The Morgan fingerprint density at radius 2 is 1.84 bits per heavy atom. The van der Waals surface area contributed by atoms with Gasteiger partial charge >= 0.3 is 0 Å². The smallest absolute Gasteiger partial charge is 0.243 e. The molecule has 1 saturated carbocycles. The van der Waals surface area contributed by atoms with E-state index in [2.05, 4.69) is 21.3 Å². The summed E-state index contributed by atoms with van der Waals surface area (Å²) in [4.78, 5) is 24.2. The summed E-state index contributed by atoms with van der Waals surface area (Å²) in [6, 6.07) is 9.99.